The molecule has 0 spiro atoms. The van der Waals surface area contributed by atoms with E-state index in [2.05, 4.69) is 4.98 Å². The number of fused-ring (bicyclic) bond motifs is 1. The molecule has 5 heteroatoms. The summed E-state index contributed by atoms with van der Waals surface area (Å²) in [4.78, 5) is 4.41. The van der Waals surface area contributed by atoms with Crippen LogP contribution in [0.1, 0.15) is 18.8 Å². The fraction of sp³-hybridized carbons (Fsp3) is 0.133. The number of imidazole rings is 1. The maximum absolute atomic E-state index is 13.5. The zero-order valence-corrected chi connectivity index (χ0v) is 10.8. The van der Waals surface area contributed by atoms with Crippen molar-refractivity contribution in [1.82, 2.24) is 9.55 Å². The van der Waals surface area contributed by atoms with Gasteiger partial charge in [0.2, 0.25) is 0 Å². The van der Waals surface area contributed by atoms with Crippen LogP contribution in [-0.2, 0) is 0 Å². The molecule has 0 saturated heterocycles. The first kappa shape index (κ1) is 12.7. The molecule has 3 rings (SSSR count). The molecule has 0 bridgehead atoms. The van der Waals surface area contributed by atoms with Crippen molar-refractivity contribution < 1.29 is 8.78 Å². The van der Waals surface area contributed by atoms with Crippen LogP contribution >= 0.6 is 0 Å². The number of rotatable bonds is 2. The molecule has 2 N–H and O–H groups in total. The number of aromatic nitrogens is 2. The third kappa shape index (κ3) is 2.06. The molecule has 20 heavy (non-hydrogen) atoms. The summed E-state index contributed by atoms with van der Waals surface area (Å²) in [5.41, 5.74) is 7.70. The smallest absolute Gasteiger partial charge is 0.131 e. The lowest BCUT2D eigenvalue weighted by molar-refractivity contribution is 0.625. The van der Waals surface area contributed by atoms with Gasteiger partial charge in [0.1, 0.15) is 17.5 Å². The predicted molar refractivity (Wildman–Crippen MR) is 73.6 cm³/mol. The molecule has 1 atom stereocenters. The van der Waals surface area contributed by atoms with Gasteiger partial charge in [0.15, 0.2) is 0 Å². The van der Waals surface area contributed by atoms with E-state index in [1.807, 2.05) is 0 Å². The van der Waals surface area contributed by atoms with Crippen LogP contribution in [0.25, 0.3) is 16.7 Å². The van der Waals surface area contributed by atoms with Gasteiger partial charge < -0.3 is 5.73 Å². The Morgan fingerprint density at radius 2 is 1.85 bits per heavy atom. The number of hydrogen-bond acceptors (Lipinski definition) is 2. The van der Waals surface area contributed by atoms with Gasteiger partial charge in [-0.05, 0) is 37.3 Å². The first-order valence-electron chi connectivity index (χ1n) is 6.25. The highest BCUT2D eigenvalue weighted by atomic mass is 19.1. The van der Waals surface area contributed by atoms with E-state index in [0.29, 0.717) is 22.5 Å². The highest BCUT2D eigenvalue weighted by Gasteiger charge is 2.16. The van der Waals surface area contributed by atoms with Crippen molar-refractivity contribution in [3.05, 3.63) is 59.9 Å². The molecule has 2 aromatic carbocycles. The van der Waals surface area contributed by atoms with Gasteiger partial charge in [0.25, 0.3) is 0 Å². The maximum atomic E-state index is 13.5. The summed E-state index contributed by atoms with van der Waals surface area (Å²) in [6.45, 7) is 1.79. The zero-order chi connectivity index (χ0) is 14.3. The second kappa shape index (κ2) is 4.68. The maximum Gasteiger partial charge on any atom is 0.131 e. The molecule has 1 aromatic heterocycles. The third-order valence-electron chi connectivity index (χ3n) is 3.12. The minimum Gasteiger partial charge on any atom is -0.322 e. The molecule has 3 nitrogen and oxygen atoms in total. The van der Waals surface area contributed by atoms with Crippen LogP contribution in [0.3, 0.4) is 0 Å². The summed E-state index contributed by atoms with van der Waals surface area (Å²) >= 11 is 0. The van der Waals surface area contributed by atoms with Crippen molar-refractivity contribution in [3.8, 4) is 5.69 Å². The first-order valence-corrected chi connectivity index (χ1v) is 6.25. The van der Waals surface area contributed by atoms with Crippen molar-refractivity contribution in [2.75, 3.05) is 0 Å². The molecule has 102 valence electrons. The Hall–Kier alpha value is -2.27. The average Bonchev–Trinajstić information content (AvgIpc) is 2.77. The topological polar surface area (TPSA) is 43.8 Å². The first-order chi connectivity index (χ1) is 9.56. The molecular weight excluding hydrogens is 260 g/mol. The minimum absolute atomic E-state index is 0.353. The molecule has 0 amide bonds. The lowest BCUT2D eigenvalue weighted by atomic mass is 10.2. The lowest BCUT2D eigenvalue weighted by Crippen LogP contribution is -2.12. The molecule has 0 saturated carbocycles. The predicted octanol–water partition coefficient (Wildman–Crippen LogP) is 3.32. The molecular formula is C15H13F2N3. The summed E-state index contributed by atoms with van der Waals surface area (Å²) in [7, 11) is 0. The Labute approximate surface area is 114 Å². The summed E-state index contributed by atoms with van der Waals surface area (Å²) in [5, 5.41) is 0. The summed E-state index contributed by atoms with van der Waals surface area (Å²) in [5.74, 6) is -0.168. The van der Waals surface area contributed by atoms with Crippen LogP contribution in [0.5, 0.6) is 0 Å². The van der Waals surface area contributed by atoms with Gasteiger partial charge in [-0.1, -0.05) is 6.07 Å². The summed E-state index contributed by atoms with van der Waals surface area (Å²) < 4.78 is 28.6. The average molecular weight is 273 g/mol. The van der Waals surface area contributed by atoms with Crippen LogP contribution in [0, 0.1) is 11.6 Å². The number of nitrogens with zero attached hydrogens (tertiary/aromatic N) is 2. The van der Waals surface area contributed by atoms with E-state index < -0.39 is 0 Å². The van der Waals surface area contributed by atoms with Crippen molar-refractivity contribution >= 4 is 11.0 Å². The van der Waals surface area contributed by atoms with E-state index in [1.165, 1.54) is 24.3 Å². The van der Waals surface area contributed by atoms with Gasteiger partial charge in [-0.3, -0.25) is 4.57 Å². The largest absolute Gasteiger partial charge is 0.322 e. The monoisotopic (exact) mass is 273 g/mol. The second-order valence-electron chi connectivity index (χ2n) is 4.71. The Morgan fingerprint density at radius 1 is 1.10 bits per heavy atom. The quantitative estimate of drug-likeness (QED) is 0.778. The Kier molecular flexibility index (Phi) is 2.99. The molecule has 0 radical (unpaired) electrons. The van der Waals surface area contributed by atoms with Gasteiger partial charge in [-0.25, -0.2) is 13.8 Å². The Morgan fingerprint density at radius 3 is 2.55 bits per heavy atom. The number of nitrogens with two attached hydrogens (primary N) is 1. The molecule has 0 unspecified atom stereocenters. The van der Waals surface area contributed by atoms with Crippen LogP contribution in [0.15, 0.2) is 42.5 Å². The number of benzene rings is 2. The van der Waals surface area contributed by atoms with E-state index in [1.54, 1.807) is 29.7 Å². The van der Waals surface area contributed by atoms with Crippen molar-refractivity contribution in [2.24, 2.45) is 5.73 Å². The van der Waals surface area contributed by atoms with Crippen molar-refractivity contribution in [2.45, 2.75) is 13.0 Å². The highest BCUT2D eigenvalue weighted by Crippen LogP contribution is 2.25. The molecule has 0 aliphatic carbocycles. The van der Waals surface area contributed by atoms with Gasteiger partial charge in [-0.15, -0.1) is 0 Å². The summed E-state index contributed by atoms with van der Waals surface area (Å²) in [6, 6.07) is 10.0. The molecule has 1 heterocycles. The van der Waals surface area contributed by atoms with E-state index in [9.17, 15) is 8.78 Å². The molecule has 0 aliphatic rings. The van der Waals surface area contributed by atoms with E-state index >= 15 is 0 Å². The lowest BCUT2D eigenvalue weighted by Gasteiger charge is -2.11. The van der Waals surface area contributed by atoms with Gasteiger partial charge in [0.05, 0.1) is 22.8 Å². The minimum atomic E-state index is -0.369. The Balaban J connectivity index is 2.36. The number of hydrogen-bond donors (Lipinski definition) is 1. The van der Waals surface area contributed by atoms with Gasteiger partial charge in [0, 0.05) is 6.07 Å². The zero-order valence-electron chi connectivity index (χ0n) is 10.8. The Bertz CT molecular complexity index is 778. The van der Waals surface area contributed by atoms with E-state index in [0.717, 1.165) is 0 Å². The fourth-order valence-corrected chi connectivity index (χ4v) is 2.26. The van der Waals surface area contributed by atoms with E-state index in [4.69, 9.17) is 5.73 Å². The highest BCUT2D eigenvalue weighted by molar-refractivity contribution is 5.78. The van der Waals surface area contributed by atoms with Crippen LogP contribution in [0.4, 0.5) is 8.78 Å². The molecule has 0 aliphatic heterocycles. The second-order valence-corrected chi connectivity index (χ2v) is 4.71. The SMILES string of the molecule is C[C@@H](N)c1nc2ccc(F)cc2n1-c1cccc(F)c1. The van der Waals surface area contributed by atoms with Crippen LogP contribution in [-0.4, -0.2) is 9.55 Å². The normalized spacial score (nSPS) is 12.8. The summed E-state index contributed by atoms with van der Waals surface area (Å²) in [6.07, 6.45) is 0. The molecule has 3 aromatic rings. The van der Waals surface area contributed by atoms with Crippen LogP contribution in [0.2, 0.25) is 0 Å². The van der Waals surface area contributed by atoms with Crippen LogP contribution < -0.4 is 5.73 Å². The fourth-order valence-electron chi connectivity index (χ4n) is 2.26. The van der Waals surface area contributed by atoms with Gasteiger partial charge >= 0.3 is 0 Å². The molecule has 0 fully saturated rings. The van der Waals surface area contributed by atoms with E-state index in [-0.39, 0.29) is 17.7 Å². The third-order valence-corrected chi connectivity index (χ3v) is 3.12. The van der Waals surface area contributed by atoms with Gasteiger partial charge in [-0.2, -0.15) is 0 Å². The van der Waals surface area contributed by atoms with Crippen molar-refractivity contribution in [1.29, 1.82) is 0 Å². The van der Waals surface area contributed by atoms with Crippen molar-refractivity contribution in [3.63, 3.8) is 0 Å². The standard InChI is InChI=1S/C15H13F2N3/c1-9(18)15-19-13-6-5-11(17)8-14(13)20(15)12-4-2-3-10(16)7-12/h2-9H,18H2,1H3/t9-/m1/s1. The number of halogens is 2.